The first-order valence-corrected chi connectivity index (χ1v) is 6.27. The van der Waals surface area contributed by atoms with Crippen molar-refractivity contribution >= 4 is 35.3 Å². The van der Waals surface area contributed by atoms with E-state index in [1.54, 1.807) is 0 Å². The van der Waals surface area contributed by atoms with Gasteiger partial charge in [-0.25, -0.2) is 0 Å². The molecule has 0 saturated heterocycles. The molecule has 0 fully saturated rings. The van der Waals surface area contributed by atoms with E-state index in [0.29, 0.717) is 24.0 Å². The van der Waals surface area contributed by atoms with Gasteiger partial charge in [0.25, 0.3) is 0 Å². The van der Waals surface area contributed by atoms with Crippen molar-refractivity contribution in [2.45, 2.75) is 26.2 Å². The second-order valence-corrected chi connectivity index (χ2v) is 4.51. The standard InChI is InChI=1S/C12H14ClN3O4/c1-2-3-7-4-9(15-6-17)12(16(19)20)11(13)8(7)5-10(14)18/h4,6H,2-3,5H2,1H3,(H2,14,18)(H,15,17). The number of halogens is 1. The molecule has 0 aromatic heterocycles. The van der Waals surface area contributed by atoms with Gasteiger partial charge in [-0.3, -0.25) is 19.7 Å². The first-order valence-electron chi connectivity index (χ1n) is 5.89. The fourth-order valence-corrected chi connectivity index (χ4v) is 2.30. The minimum atomic E-state index is -0.700. The molecule has 108 valence electrons. The Balaban J connectivity index is 3.54. The molecule has 1 aromatic rings. The molecule has 7 nitrogen and oxygen atoms in total. The summed E-state index contributed by atoms with van der Waals surface area (Å²) in [5, 5.41) is 13.2. The van der Waals surface area contributed by atoms with Gasteiger partial charge >= 0.3 is 5.69 Å². The maximum Gasteiger partial charge on any atom is 0.311 e. The molecular weight excluding hydrogens is 286 g/mol. The van der Waals surface area contributed by atoms with Crippen LogP contribution in [0.3, 0.4) is 0 Å². The lowest BCUT2D eigenvalue weighted by atomic mass is 9.98. The molecule has 1 aromatic carbocycles. The van der Waals surface area contributed by atoms with Gasteiger partial charge in [0.2, 0.25) is 12.3 Å². The number of nitrogens with one attached hydrogen (secondary N) is 1. The average molecular weight is 300 g/mol. The van der Waals surface area contributed by atoms with Crippen LogP contribution in [0.25, 0.3) is 0 Å². The third-order valence-electron chi connectivity index (χ3n) is 2.70. The van der Waals surface area contributed by atoms with E-state index in [1.165, 1.54) is 6.07 Å². The fraction of sp³-hybridized carbons (Fsp3) is 0.333. The Hall–Kier alpha value is -2.15. The molecule has 0 unspecified atom stereocenters. The molecular formula is C12H14ClN3O4. The lowest BCUT2D eigenvalue weighted by molar-refractivity contribution is -0.383. The smallest absolute Gasteiger partial charge is 0.311 e. The SMILES string of the molecule is CCCc1cc(NC=O)c([N+](=O)[O-])c(Cl)c1CC(N)=O. The molecule has 0 aliphatic rings. The minimum absolute atomic E-state index is 0.00618. The van der Waals surface area contributed by atoms with E-state index in [4.69, 9.17) is 17.3 Å². The Morgan fingerprint density at radius 2 is 2.25 bits per heavy atom. The van der Waals surface area contributed by atoms with E-state index in [9.17, 15) is 19.7 Å². The summed E-state index contributed by atoms with van der Waals surface area (Å²) in [7, 11) is 0. The number of benzene rings is 1. The van der Waals surface area contributed by atoms with Crippen molar-refractivity contribution in [1.29, 1.82) is 0 Å². The van der Waals surface area contributed by atoms with Crippen molar-refractivity contribution in [2.75, 3.05) is 5.32 Å². The molecule has 0 aliphatic heterocycles. The lowest BCUT2D eigenvalue weighted by Crippen LogP contribution is -2.16. The Labute approximate surface area is 120 Å². The monoisotopic (exact) mass is 299 g/mol. The number of rotatable bonds is 7. The number of nitro groups is 1. The molecule has 0 radical (unpaired) electrons. The molecule has 0 bridgehead atoms. The molecule has 3 N–H and O–H groups in total. The predicted molar refractivity (Wildman–Crippen MR) is 74.7 cm³/mol. The number of carbonyl (C=O) groups is 2. The molecule has 0 aliphatic carbocycles. The van der Waals surface area contributed by atoms with E-state index < -0.39 is 16.5 Å². The van der Waals surface area contributed by atoms with Gasteiger partial charge in [0.1, 0.15) is 10.7 Å². The van der Waals surface area contributed by atoms with Crippen LogP contribution in [0.5, 0.6) is 0 Å². The number of nitrogens with zero attached hydrogens (tertiary/aromatic N) is 1. The number of nitro benzene ring substituents is 1. The normalized spacial score (nSPS) is 10.1. The topological polar surface area (TPSA) is 115 Å². The van der Waals surface area contributed by atoms with E-state index in [1.807, 2.05) is 6.92 Å². The highest BCUT2D eigenvalue weighted by Gasteiger charge is 2.25. The number of nitrogens with two attached hydrogens (primary N) is 1. The number of aryl methyl sites for hydroxylation is 1. The van der Waals surface area contributed by atoms with Crippen LogP contribution in [0.4, 0.5) is 11.4 Å². The molecule has 2 amide bonds. The molecule has 1 rings (SSSR count). The second-order valence-electron chi connectivity index (χ2n) is 4.14. The fourth-order valence-electron chi connectivity index (χ4n) is 1.94. The van der Waals surface area contributed by atoms with Crippen LogP contribution in [-0.4, -0.2) is 17.2 Å². The number of anilines is 1. The molecule has 8 heteroatoms. The van der Waals surface area contributed by atoms with Crippen molar-refractivity contribution in [3.8, 4) is 0 Å². The van der Waals surface area contributed by atoms with Gasteiger partial charge in [0.15, 0.2) is 0 Å². The summed E-state index contributed by atoms with van der Waals surface area (Å²) in [6, 6.07) is 1.46. The van der Waals surface area contributed by atoms with Crippen LogP contribution < -0.4 is 11.1 Å². The number of hydrogen-bond acceptors (Lipinski definition) is 4. The first-order chi connectivity index (χ1) is 9.42. The van der Waals surface area contributed by atoms with E-state index in [0.717, 1.165) is 6.42 Å². The Bertz CT molecular complexity index is 560. The largest absolute Gasteiger partial charge is 0.369 e. The molecule has 20 heavy (non-hydrogen) atoms. The van der Waals surface area contributed by atoms with Gasteiger partial charge in [0, 0.05) is 0 Å². The zero-order valence-corrected chi connectivity index (χ0v) is 11.6. The summed E-state index contributed by atoms with van der Waals surface area (Å²) in [4.78, 5) is 32.0. The van der Waals surface area contributed by atoms with Gasteiger partial charge in [-0.2, -0.15) is 0 Å². The third-order valence-corrected chi connectivity index (χ3v) is 3.11. The maximum absolute atomic E-state index is 11.1. The van der Waals surface area contributed by atoms with Crippen LogP contribution in [0.1, 0.15) is 24.5 Å². The van der Waals surface area contributed by atoms with Gasteiger partial charge in [-0.1, -0.05) is 24.9 Å². The van der Waals surface area contributed by atoms with Crippen LogP contribution >= 0.6 is 11.6 Å². The molecule has 0 saturated carbocycles. The molecule has 0 atom stereocenters. The van der Waals surface area contributed by atoms with Crippen molar-refractivity contribution in [1.82, 2.24) is 0 Å². The summed E-state index contributed by atoms with van der Waals surface area (Å²) < 4.78 is 0. The third kappa shape index (κ3) is 3.45. The number of hydrogen-bond donors (Lipinski definition) is 2. The van der Waals surface area contributed by atoms with E-state index in [-0.39, 0.29) is 17.1 Å². The van der Waals surface area contributed by atoms with Crippen molar-refractivity contribution < 1.29 is 14.5 Å². The van der Waals surface area contributed by atoms with Crippen molar-refractivity contribution in [3.63, 3.8) is 0 Å². The first kappa shape index (κ1) is 15.9. The van der Waals surface area contributed by atoms with Crippen LogP contribution in [0.15, 0.2) is 6.07 Å². The molecule has 0 spiro atoms. The minimum Gasteiger partial charge on any atom is -0.369 e. The zero-order chi connectivity index (χ0) is 15.3. The summed E-state index contributed by atoms with van der Waals surface area (Å²) in [5.41, 5.74) is 5.71. The van der Waals surface area contributed by atoms with Gasteiger partial charge in [0.05, 0.1) is 11.3 Å². The van der Waals surface area contributed by atoms with Gasteiger partial charge in [-0.15, -0.1) is 0 Å². The van der Waals surface area contributed by atoms with E-state index in [2.05, 4.69) is 5.32 Å². The Morgan fingerprint density at radius 3 is 2.70 bits per heavy atom. The predicted octanol–water partition coefficient (Wildman–Crippen LogP) is 1.80. The van der Waals surface area contributed by atoms with Crippen LogP contribution in [-0.2, 0) is 22.4 Å². The van der Waals surface area contributed by atoms with Gasteiger partial charge in [-0.05, 0) is 23.6 Å². The quantitative estimate of drug-likeness (QED) is 0.453. The average Bonchev–Trinajstić information content (AvgIpc) is 2.33. The van der Waals surface area contributed by atoms with E-state index >= 15 is 0 Å². The van der Waals surface area contributed by atoms with Crippen LogP contribution in [0, 0.1) is 10.1 Å². The number of primary amides is 1. The highest BCUT2D eigenvalue weighted by atomic mass is 35.5. The number of amides is 2. The second kappa shape index (κ2) is 6.85. The van der Waals surface area contributed by atoms with Crippen LogP contribution in [0.2, 0.25) is 5.02 Å². The van der Waals surface area contributed by atoms with Crippen molar-refractivity contribution in [2.24, 2.45) is 5.73 Å². The molecule has 0 heterocycles. The highest BCUT2D eigenvalue weighted by Crippen LogP contribution is 2.38. The van der Waals surface area contributed by atoms with Crippen molar-refractivity contribution in [3.05, 3.63) is 32.3 Å². The summed E-state index contributed by atoms with van der Waals surface area (Å²) in [6.07, 6.45) is 1.47. The lowest BCUT2D eigenvalue weighted by Gasteiger charge is -2.13. The number of carbonyl (C=O) groups excluding carboxylic acids is 2. The zero-order valence-electron chi connectivity index (χ0n) is 10.8. The Morgan fingerprint density at radius 1 is 1.60 bits per heavy atom. The summed E-state index contributed by atoms with van der Waals surface area (Å²) in [6.45, 7) is 1.91. The maximum atomic E-state index is 11.1. The summed E-state index contributed by atoms with van der Waals surface area (Å²) >= 11 is 6.02. The highest BCUT2D eigenvalue weighted by molar-refractivity contribution is 6.34. The van der Waals surface area contributed by atoms with Gasteiger partial charge < -0.3 is 11.1 Å². The Kier molecular flexibility index (Phi) is 5.45. The summed E-state index contributed by atoms with van der Waals surface area (Å²) in [5.74, 6) is -0.630.